The number of nitrogens with one attached hydrogen (secondary N) is 1. The first-order valence-electron chi connectivity index (χ1n) is 5.57. The molecule has 86 valence electrons. The van der Waals surface area contributed by atoms with Crippen LogP contribution in [0, 0.1) is 0 Å². The fourth-order valence-corrected chi connectivity index (χ4v) is 1.78. The number of hydrogen-bond acceptors (Lipinski definition) is 2. The molecule has 2 rings (SSSR count). The Labute approximate surface area is 95.1 Å². The normalized spacial score (nSPS) is 11.4. The van der Waals surface area contributed by atoms with Gasteiger partial charge in [0.15, 0.2) is 0 Å². The van der Waals surface area contributed by atoms with Crippen LogP contribution >= 0.6 is 0 Å². The van der Waals surface area contributed by atoms with Crippen molar-refractivity contribution in [3.63, 3.8) is 0 Å². The Balaban J connectivity index is 2.15. The van der Waals surface area contributed by atoms with Gasteiger partial charge in [-0.15, -0.1) is 0 Å². The van der Waals surface area contributed by atoms with Crippen LogP contribution in [-0.4, -0.2) is 22.8 Å². The van der Waals surface area contributed by atoms with Crippen LogP contribution in [0.15, 0.2) is 24.4 Å². The van der Waals surface area contributed by atoms with Gasteiger partial charge in [0.2, 0.25) is 0 Å². The van der Waals surface area contributed by atoms with E-state index in [-0.39, 0.29) is 6.10 Å². The van der Waals surface area contributed by atoms with Crippen LogP contribution in [0.5, 0.6) is 5.75 Å². The molecule has 0 aliphatic rings. The number of phenolic OH excluding ortho intramolecular Hbond substituents is 1. The molecule has 0 atom stereocenters. The molecular formula is C13H17NO2. The summed E-state index contributed by atoms with van der Waals surface area (Å²) in [7, 11) is 0. The maximum Gasteiger partial charge on any atom is 0.116 e. The van der Waals surface area contributed by atoms with Crippen molar-refractivity contribution >= 4 is 10.9 Å². The lowest BCUT2D eigenvalue weighted by atomic mass is 10.1. The minimum Gasteiger partial charge on any atom is -0.508 e. The Morgan fingerprint density at radius 3 is 2.94 bits per heavy atom. The van der Waals surface area contributed by atoms with Crippen LogP contribution in [-0.2, 0) is 11.2 Å². The van der Waals surface area contributed by atoms with Gasteiger partial charge in [-0.1, -0.05) is 0 Å². The van der Waals surface area contributed by atoms with E-state index in [1.807, 2.05) is 26.1 Å². The van der Waals surface area contributed by atoms with Crippen LogP contribution in [0.1, 0.15) is 19.4 Å². The molecule has 0 saturated carbocycles. The highest BCUT2D eigenvalue weighted by molar-refractivity contribution is 5.84. The number of benzene rings is 1. The summed E-state index contributed by atoms with van der Waals surface area (Å²) in [6, 6.07) is 5.36. The Kier molecular flexibility index (Phi) is 3.15. The van der Waals surface area contributed by atoms with E-state index in [1.54, 1.807) is 12.1 Å². The molecular weight excluding hydrogens is 202 g/mol. The fourth-order valence-electron chi connectivity index (χ4n) is 1.78. The van der Waals surface area contributed by atoms with Crippen LogP contribution in [0.4, 0.5) is 0 Å². The lowest BCUT2D eigenvalue weighted by molar-refractivity contribution is 0.0815. The zero-order valence-electron chi connectivity index (χ0n) is 9.66. The minimum atomic E-state index is 0.263. The molecule has 1 heterocycles. The number of aromatic nitrogens is 1. The number of aromatic hydroxyl groups is 1. The van der Waals surface area contributed by atoms with Gasteiger partial charge in [-0.05, 0) is 44.0 Å². The Morgan fingerprint density at radius 1 is 1.38 bits per heavy atom. The van der Waals surface area contributed by atoms with E-state index < -0.39 is 0 Å². The van der Waals surface area contributed by atoms with Crippen molar-refractivity contribution in [1.29, 1.82) is 0 Å². The molecule has 0 amide bonds. The molecule has 0 radical (unpaired) electrons. The van der Waals surface area contributed by atoms with Gasteiger partial charge in [-0.3, -0.25) is 0 Å². The van der Waals surface area contributed by atoms with Crippen LogP contribution in [0.25, 0.3) is 10.9 Å². The second-order valence-electron chi connectivity index (χ2n) is 4.21. The topological polar surface area (TPSA) is 45.2 Å². The third-order valence-electron chi connectivity index (χ3n) is 2.57. The van der Waals surface area contributed by atoms with Gasteiger partial charge in [0.1, 0.15) is 5.75 Å². The molecule has 0 bridgehead atoms. The Bertz CT molecular complexity index is 474. The molecule has 3 heteroatoms. The molecule has 3 nitrogen and oxygen atoms in total. The van der Waals surface area contributed by atoms with E-state index in [9.17, 15) is 5.11 Å². The number of phenols is 1. The Morgan fingerprint density at radius 2 is 2.19 bits per heavy atom. The van der Waals surface area contributed by atoms with E-state index in [1.165, 1.54) is 5.56 Å². The van der Waals surface area contributed by atoms with Crippen LogP contribution < -0.4 is 0 Å². The van der Waals surface area contributed by atoms with Gasteiger partial charge in [0.05, 0.1) is 12.7 Å². The average molecular weight is 219 g/mol. The van der Waals surface area contributed by atoms with E-state index in [0.29, 0.717) is 12.4 Å². The third-order valence-corrected chi connectivity index (χ3v) is 2.57. The molecule has 0 spiro atoms. The van der Waals surface area contributed by atoms with E-state index in [2.05, 4.69) is 4.98 Å². The lowest BCUT2D eigenvalue weighted by Gasteiger charge is -2.06. The summed E-state index contributed by atoms with van der Waals surface area (Å²) < 4.78 is 5.52. The summed E-state index contributed by atoms with van der Waals surface area (Å²) in [5.74, 6) is 0.304. The van der Waals surface area contributed by atoms with Gasteiger partial charge < -0.3 is 14.8 Å². The molecule has 0 aliphatic carbocycles. The molecule has 2 aromatic rings. The molecule has 0 unspecified atom stereocenters. The highest BCUT2D eigenvalue weighted by Crippen LogP contribution is 2.23. The van der Waals surface area contributed by atoms with Crippen molar-refractivity contribution in [2.45, 2.75) is 26.4 Å². The first-order valence-corrected chi connectivity index (χ1v) is 5.57. The van der Waals surface area contributed by atoms with Crippen LogP contribution in [0.2, 0.25) is 0 Å². The maximum absolute atomic E-state index is 9.44. The summed E-state index contributed by atoms with van der Waals surface area (Å²) >= 11 is 0. The second-order valence-corrected chi connectivity index (χ2v) is 4.21. The number of aromatic amines is 1. The molecule has 0 fully saturated rings. The zero-order chi connectivity index (χ0) is 11.5. The number of rotatable bonds is 4. The van der Waals surface area contributed by atoms with E-state index in [0.717, 1.165) is 17.3 Å². The van der Waals surface area contributed by atoms with Gasteiger partial charge in [-0.2, -0.15) is 0 Å². The van der Waals surface area contributed by atoms with E-state index >= 15 is 0 Å². The minimum absolute atomic E-state index is 0.263. The van der Waals surface area contributed by atoms with Crippen molar-refractivity contribution in [1.82, 2.24) is 4.98 Å². The molecule has 1 aromatic heterocycles. The fraction of sp³-hybridized carbons (Fsp3) is 0.385. The van der Waals surface area contributed by atoms with Gasteiger partial charge >= 0.3 is 0 Å². The standard InChI is InChI=1S/C13H17NO2/c1-9(2)16-6-5-10-8-14-13-4-3-11(15)7-12(10)13/h3-4,7-9,14-15H,5-6H2,1-2H3. The van der Waals surface area contributed by atoms with Gasteiger partial charge in [0, 0.05) is 17.1 Å². The third kappa shape index (κ3) is 2.36. The summed E-state index contributed by atoms with van der Waals surface area (Å²) in [5, 5.41) is 10.5. The second kappa shape index (κ2) is 4.58. The van der Waals surface area contributed by atoms with Crippen molar-refractivity contribution in [2.24, 2.45) is 0 Å². The lowest BCUT2D eigenvalue weighted by Crippen LogP contribution is -2.05. The van der Waals surface area contributed by atoms with Gasteiger partial charge in [-0.25, -0.2) is 0 Å². The van der Waals surface area contributed by atoms with Crippen molar-refractivity contribution < 1.29 is 9.84 Å². The number of ether oxygens (including phenoxy) is 1. The van der Waals surface area contributed by atoms with Crippen molar-refractivity contribution in [2.75, 3.05) is 6.61 Å². The maximum atomic E-state index is 9.44. The van der Waals surface area contributed by atoms with Crippen LogP contribution in [0.3, 0.4) is 0 Å². The zero-order valence-corrected chi connectivity index (χ0v) is 9.66. The summed E-state index contributed by atoms with van der Waals surface area (Å²) in [6.45, 7) is 4.77. The number of hydrogen-bond donors (Lipinski definition) is 2. The van der Waals surface area contributed by atoms with E-state index in [4.69, 9.17) is 4.74 Å². The van der Waals surface area contributed by atoms with Gasteiger partial charge in [0.25, 0.3) is 0 Å². The van der Waals surface area contributed by atoms with Crippen molar-refractivity contribution in [3.05, 3.63) is 30.0 Å². The number of H-pyrrole nitrogens is 1. The summed E-state index contributed by atoms with van der Waals surface area (Å²) in [5.41, 5.74) is 2.24. The predicted octanol–water partition coefficient (Wildman–Crippen LogP) is 2.84. The predicted molar refractivity (Wildman–Crippen MR) is 64.8 cm³/mol. The first kappa shape index (κ1) is 11.0. The SMILES string of the molecule is CC(C)OCCc1c[nH]c2ccc(O)cc12. The monoisotopic (exact) mass is 219 g/mol. The molecule has 16 heavy (non-hydrogen) atoms. The quantitative estimate of drug-likeness (QED) is 0.830. The smallest absolute Gasteiger partial charge is 0.116 e. The van der Waals surface area contributed by atoms with Crippen molar-refractivity contribution in [3.8, 4) is 5.75 Å². The highest BCUT2D eigenvalue weighted by Gasteiger charge is 2.04. The first-order chi connectivity index (χ1) is 7.66. The average Bonchev–Trinajstić information content (AvgIpc) is 2.60. The largest absolute Gasteiger partial charge is 0.508 e. The molecule has 2 N–H and O–H groups in total. The molecule has 1 aromatic carbocycles. The molecule has 0 saturated heterocycles. The summed E-state index contributed by atoms with van der Waals surface area (Å²) in [4.78, 5) is 3.19. The molecule has 0 aliphatic heterocycles. The Hall–Kier alpha value is -1.48. The summed E-state index contributed by atoms with van der Waals surface area (Å²) in [6.07, 6.45) is 3.11. The number of fused-ring (bicyclic) bond motifs is 1. The highest BCUT2D eigenvalue weighted by atomic mass is 16.5.